The molecule has 0 saturated carbocycles. The lowest BCUT2D eigenvalue weighted by Gasteiger charge is -2.34. The third-order valence-electron chi connectivity index (χ3n) is 3.95. The highest BCUT2D eigenvalue weighted by Crippen LogP contribution is 2.31. The van der Waals surface area contributed by atoms with E-state index in [0.29, 0.717) is 11.0 Å². The van der Waals surface area contributed by atoms with Gasteiger partial charge in [0.2, 0.25) is 5.95 Å². The van der Waals surface area contributed by atoms with E-state index in [4.69, 9.17) is 16.3 Å². The monoisotopic (exact) mass is 308 g/mol. The Morgan fingerprint density at radius 1 is 1.38 bits per heavy atom. The Labute approximate surface area is 129 Å². The van der Waals surface area contributed by atoms with Gasteiger partial charge >= 0.3 is 0 Å². The summed E-state index contributed by atoms with van der Waals surface area (Å²) in [5, 5.41) is 0.652. The van der Waals surface area contributed by atoms with Crippen LogP contribution in [0.5, 0.6) is 0 Å². The summed E-state index contributed by atoms with van der Waals surface area (Å²) in [7, 11) is 0. The largest absolute Gasteiger partial charge is 0.381 e. The third kappa shape index (κ3) is 3.44. The van der Waals surface area contributed by atoms with Gasteiger partial charge in [0.25, 0.3) is 0 Å². The number of pyridine rings is 1. The third-order valence-corrected chi connectivity index (χ3v) is 4.26. The molecule has 0 aliphatic carbocycles. The molecule has 1 fully saturated rings. The molecule has 21 heavy (non-hydrogen) atoms. The van der Waals surface area contributed by atoms with E-state index in [-0.39, 0.29) is 0 Å². The Balaban J connectivity index is 1.84. The molecule has 0 bridgehead atoms. The molecule has 112 valence electrons. The number of hydrogen-bond donors (Lipinski definition) is 0. The van der Waals surface area contributed by atoms with E-state index in [9.17, 15) is 4.39 Å². The van der Waals surface area contributed by atoms with Gasteiger partial charge in [-0.1, -0.05) is 17.7 Å². The number of nitrogens with zero attached hydrogens (tertiary/aromatic N) is 2. The van der Waals surface area contributed by atoms with Crippen molar-refractivity contribution in [2.75, 3.05) is 26.3 Å². The van der Waals surface area contributed by atoms with Gasteiger partial charge in [0, 0.05) is 44.1 Å². The van der Waals surface area contributed by atoms with Gasteiger partial charge in [0.05, 0.1) is 10.7 Å². The lowest BCUT2D eigenvalue weighted by molar-refractivity contribution is 0.0595. The molecule has 0 spiro atoms. The Kier molecular flexibility index (Phi) is 4.56. The average molecular weight is 309 g/mol. The van der Waals surface area contributed by atoms with Crippen LogP contribution in [0.2, 0.25) is 0 Å². The van der Waals surface area contributed by atoms with Gasteiger partial charge < -0.3 is 9.64 Å². The Morgan fingerprint density at radius 3 is 2.95 bits per heavy atom. The Morgan fingerprint density at radius 2 is 2.19 bits per heavy atom. The number of ether oxygens (including phenoxy) is 1. The second kappa shape index (κ2) is 6.58. The van der Waals surface area contributed by atoms with Crippen LogP contribution in [-0.2, 0) is 4.74 Å². The maximum absolute atomic E-state index is 13.4. The minimum absolute atomic E-state index is 0.481. The van der Waals surface area contributed by atoms with Crippen molar-refractivity contribution < 1.29 is 9.13 Å². The SMILES string of the molecule is Fc1cc(C2=C(Cl)C=CCN2CC2CCOCC2)ccn1. The van der Waals surface area contributed by atoms with Crippen molar-refractivity contribution in [2.45, 2.75) is 12.8 Å². The minimum Gasteiger partial charge on any atom is -0.381 e. The number of allylic oxidation sites excluding steroid dienone is 2. The molecule has 3 rings (SSSR count). The normalized spacial score (nSPS) is 20.2. The van der Waals surface area contributed by atoms with Gasteiger partial charge in [-0.15, -0.1) is 0 Å². The summed E-state index contributed by atoms with van der Waals surface area (Å²) in [6.07, 6.45) is 7.54. The van der Waals surface area contributed by atoms with Crippen LogP contribution in [0.15, 0.2) is 35.5 Å². The van der Waals surface area contributed by atoms with E-state index in [1.165, 1.54) is 12.3 Å². The Hall–Kier alpha value is -1.39. The molecule has 1 saturated heterocycles. The molecule has 3 heterocycles. The highest BCUT2D eigenvalue weighted by atomic mass is 35.5. The van der Waals surface area contributed by atoms with Crippen molar-refractivity contribution >= 4 is 17.3 Å². The van der Waals surface area contributed by atoms with Crippen molar-refractivity contribution in [3.63, 3.8) is 0 Å². The van der Waals surface area contributed by atoms with Crippen LogP contribution in [0.4, 0.5) is 4.39 Å². The van der Waals surface area contributed by atoms with Crippen molar-refractivity contribution in [1.82, 2.24) is 9.88 Å². The van der Waals surface area contributed by atoms with Crippen LogP contribution >= 0.6 is 11.6 Å². The van der Waals surface area contributed by atoms with Gasteiger partial charge in [-0.05, 0) is 30.9 Å². The number of hydrogen-bond acceptors (Lipinski definition) is 3. The van der Waals surface area contributed by atoms with Gasteiger partial charge in [0.15, 0.2) is 0 Å². The molecule has 2 aliphatic rings. The fourth-order valence-corrected chi connectivity index (χ4v) is 3.20. The number of aromatic nitrogens is 1. The van der Waals surface area contributed by atoms with Crippen LogP contribution in [0.3, 0.4) is 0 Å². The van der Waals surface area contributed by atoms with Crippen LogP contribution < -0.4 is 0 Å². The fourth-order valence-electron chi connectivity index (χ4n) is 2.88. The van der Waals surface area contributed by atoms with Gasteiger partial charge in [-0.3, -0.25) is 0 Å². The molecule has 0 atom stereocenters. The smallest absolute Gasteiger partial charge is 0.213 e. The van der Waals surface area contributed by atoms with Gasteiger partial charge in [-0.2, -0.15) is 4.39 Å². The highest BCUT2D eigenvalue weighted by molar-refractivity contribution is 6.34. The molecule has 1 aromatic heterocycles. The summed E-state index contributed by atoms with van der Waals surface area (Å²) in [5.41, 5.74) is 1.68. The van der Waals surface area contributed by atoms with Gasteiger partial charge in [0.1, 0.15) is 0 Å². The number of halogens is 2. The molecular weight excluding hydrogens is 291 g/mol. The second-order valence-electron chi connectivity index (χ2n) is 5.43. The van der Waals surface area contributed by atoms with Crippen molar-refractivity contribution in [1.29, 1.82) is 0 Å². The summed E-state index contributed by atoms with van der Waals surface area (Å²) in [6.45, 7) is 3.37. The van der Waals surface area contributed by atoms with Crippen molar-refractivity contribution in [3.8, 4) is 0 Å². The first kappa shape index (κ1) is 14.5. The summed E-state index contributed by atoms with van der Waals surface area (Å²) >= 11 is 6.37. The maximum Gasteiger partial charge on any atom is 0.213 e. The van der Waals surface area contributed by atoms with Crippen LogP contribution in [0.25, 0.3) is 5.70 Å². The summed E-state index contributed by atoms with van der Waals surface area (Å²) in [4.78, 5) is 5.84. The maximum atomic E-state index is 13.4. The Bertz CT molecular complexity index is 567. The molecule has 0 radical (unpaired) electrons. The molecule has 0 aromatic carbocycles. The zero-order valence-corrected chi connectivity index (χ0v) is 12.5. The van der Waals surface area contributed by atoms with Gasteiger partial charge in [-0.25, -0.2) is 4.98 Å². The highest BCUT2D eigenvalue weighted by Gasteiger charge is 2.23. The van der Waals surface area contributed by atoms with Crippen molar-refractivity contribution in [2.24, 2.45) is 5.92 Å². The second-order valence-corrected chi connectivity index (χ2v) is 5.83. The lowest BCUT2D eigenvalue weighted by Crippen LogP contribution is -2.33. The predicted molar refractivity (Wildman–Crippen MR) is 81.2 cm³/mol. The zero-order chi connectivity index (χ0) is 14.7. The van der Waals surface area contributed by atoms with Crippen LogP contribution in [0.1, 0.15) is 18.4 Å². The molecular formula is C16H18ClFN2O. The molecule has 0 amide bonds. The molecule has 5 heteroatoms. The quantitative estimate of drug-likeness (QED) is 0.800. The summed E-state index contributed by atoms with van der Waals surface area (Å²) in [5.74, 6) is 0.112. The van der Waals surface area contributed by atoms with Crippen LogP contribution in [-0.4, -0.2) is 36.2 Å². The van der Waals surface area contributed by atoms with E-state index in [1.54, 1.807) is 6.07 Å². The molecule has 2 aliphatic heterocycles. The molecule has 0 N–H and O–H groups in total. The predicted octanol–water partition coefficient (Wildman–Crippen LogP) is 3.43. The standard InChI is InChI=1S/C16H18ClFN2O/c17-14-2-1-7-20(11-12-4-8-21-9-5-12)16(14)13-3-6-19-15(18)10-13/h1-3,6,10,12H,4-5,7-9,11H2. The zero-order valence-electron chi connectivity index (χ0n) is 11.8. The average Bonchev–Trinajstić information content (AvgIpc) is 2.48. The van der Waals surface area contributed by atoms with E-state index in [2.05, 4.69) is 9.88 Å². The first-order valence-electron chi connectivity index (χ1n) is 7.25. The van der Waals surface area contributed by atoms with E-state index < -0.39 is 5.95 Å². The minimum atomic E-state index is -0.481. The van der Waals surface area contributed by atoms with E-state index in [0.717, 1.165) is 50.4 Å². The fraction of sp³-hybridized carbons (Fsp3) is 0.438. The van der Waals surface area contributed by atoms with E-state index >= 15 is 0 Å². The lowest BCUT2D eigenvalue weighted by atomic mass is 9.98. The molecule has 0 unspecified atom stereocenters. The first-order valence-corrected chi connectivity index (χ1v) is 7.63. The molecule has 1 aromatic rings. The first-order chi connectivity index (χ1) is 10.2. The summed E-state index contributed by atoms with van der Waals surface area (Å²) in [6, 6.07) is 3.24. The number of rotatable bonds is 3. The van der Waals surface area contributed by atoms with Crippen molar-refractivity contribution in [3.05, 3.63) is 47.0 Å². The topological polar surface area (TPSA) is 25.4 Å². The van der Waals surface area contributed by atoms with Crippen LogP contribution in [0, 0.1) is 11.9 Å². The van der Waals surface area contributed by atoms with E-state index in [1.807, 2.05) is 12.2 Å². The molecule has 3 nitrogen and oxygen atoms in total. The summed E-state index contributed by atoms with van der Waals surface area (Å²) < 4.78 is 18.8.